The van der Waals surface area contributed by atoms with Crippen molar-refractivity contribution in [1.82, 2.24) is 9.13 Å². The molecule has 54 heavy (non-hydrogen) atoms. The van der Waals surface area contributed by atoms with Crippen LogP contribution in [0.4, 0.5) is 0 Å². The summed E-state index contributed by atoms with van der Waals surface area (Å²) in [5, 5.41) is 12.8. The number of aromatic nitrogens is 2. The Morgan fingerprint density at radius 2 is 0.722 bits per heavy atom. The molecule has 2 nitrogen and oxygen atoms in total. The first-order valence-corrected chi connectivity index (χ1v) is 18.9. The smallest absolute Gasteiger partial charge is 0.0541 e. The molecule has 2 heterocycles. The lowest BCUT2D eigenvalue weighted by atomic mass is 9.87. The van der Waals surface area contributed by atoms with E-state index < -0.39 is 0 Å². The van der Waals surface area contributed by atoms with Crippen LogP contribution < -0.4 is 0 Å². The molecule has 0 aliphatic carbocycles. The fourth-order valence-corrected chi connectivity index (χ4v) is 9.01. The van der Waals surface area contributed by atoms with Gasteiger partial charge < -0.3 is 9.13 Å². The molecular formula is C52H38N2. The number of hydrogen-bond acceptors (Lipinski definition) is 0. The first kappa shape index (κ1) is 30.9. The molecule has 0 fully saturated rings. The molecule has 0 saturated heterocycles. The average molecular weight is 691 g/mol. The first-order valence-electron chi connectivity index (χ1n) is 18.9. The van der Waals surface area contributed by atoms with Crippen LogP contribution in [0.1, 0.15) is 26.3 Å². The quantitative estimate of drug-likeness (QED) is 0.163. The van der Waals surface area contributed by atoms with Crippen LogP contribution in [0.15, 0.2) is 176 Å². The fraction of sp³-hybridized carbons (Fsp3) is 0.0769. The number of fused-ring (bicyclic) bond motifs is 12. The predicted octanol–water partition coefficient (Wildman–Crippen LogP) is 14.3. The number of benzene rings is 9. The summed E-state index contributed by atoms with van der Waals surface area (Å²) in [7, 11) is 0. The Bertz CT molecular complexity index is 3280. The maximum absolute atomic E-state index is 2.44. The largest absolute Gasteiger partial charge is 0.309 e. The van der Waals surface area contributed by atoms with Crippen molar-refractivity contribution in [3.05, 3.63) is 181 Å². The summed E-state index contributed by atoms with van der Waals surface area (Å²) in [4.78, 5) is 0. The van der Waals surface area contributed by atoms with E-state index in [1.54, 1.807) is 0 Å². The summed E-state index contributed by atoms with van der Waals surface area (Å²) >= 11 is 0. The van der Waals surface area contributed by atoms with Crippen molar-refractivity contribution in [3.8, 4) is 22.5 Å². The van der Waals surface area contributed by atoms with Crippen LogP contribution in [0.25, 0.3) is 98.4 Å². The Morgan fingerprint density at radius 1 is 0.296 bits per heavy atom. The molecule has 256 valence electrons. The number of para-hydroxylation sites is 2. The molecule has 11 aromatic rings. The summed E-state index contributed by atoms with van der Waals surface area (Å²) in [6.07, 6.45) is 0. The number of hydrogen-bond donors (Lipinski definition) is 0. The van der Waals surface area contributed by atoms with Crippen molar-refractivity contribution in [2.45, 2.75) is 26.2 Å². The number of rotatable bonds is 3. The number of nitrogens with zero attached hydrogens (tertiary/aromatic N) is 2. The molecule has 0 bridgehead atoms. The van der Waals surface area contributed by atoms with Gasteiger partial charge in [0.25, 0.3) is 0 Å². The standard InChI is InChI=1S/C52H38N2/c1-52(2,3)35-13-12-14-36(31-35)53-48-21-10-8-19-43(48)46-29-33(23-27-50(46)53)34-24-28-51-47(30-34)44-20-9-11-22-49(44)54(51)37-25-26-42-40-17-5-4-15-38(40)39-16-6-7-18-41(39)45(42)32-37/h4-32H,1-3H3. The molecule has 0 saturated carbocycles. The predicted molar refractivity (Wildman–Crippen MR) is 232 cm³/mol. The van der Waals surface area contributed by atoms with Gasteiger partial charge in [-0.1, -0.05) is 136 Å². The summed E-state index contributed by atoms with van der Waals surface area (Å²) in [5.41, 5.74) is 11.1. The molecule has 0 aliphatic rings. The Hall–Kier alpha value is -6.64. The van der Waals surface area contributed by atoms with Crippen LogP contribution in [0.3, 0.4) is 0 Å². The van der Waals surface area contributed by atoms with Gasteiger partial charge in [-0.2, -0.15) is 0 Å². The molecule has 2 aromatic heterocycles. The van der Waals surface area contributed by atoms with E-state index in [9.17, 15) is 0 Å². The second-order valence-corrected chi connectivity index (χ2v) is 15.8. The second kappa shape index (κ2) is 11.4. The Kier molecular flexibility index (Phi) is 6.55. The van der Waals surface area contributed by atoms with E-state index in [2.05, 4.69) is 206 Å². The van der Waals surface area contributed by atoms with Gasteiger partial charge in [0, 0.05) is 32.9 Å². The third kappa shape index (κ3) is 4.53. The molecule has 9 aromatic carbocycles. The molecule has 0 N–H and O–H groups in total. The lowest BCUT2D eigenvalue weighted by molar-refractivity contribution is 0.590. The molecule has 2 heteroatoms. The van der Waals surface area contributed by atoms with Crippen LogP contribution in [0.2, 0.25) is 0 Å². The van der Waals surface area contributed by atoms with Crippen LogP contribution in [-0.2, 0) is 5.41 Å². The van der Waals surface area contributed by atoms with E-state index >= 15 is 0 Å². The van der Waals surface area contributed by atoms with Gasteiger partial charge >= 0.3 is 0 Å². The van der Waals surface area contributed by atoms with Crippen LogP contribution in [0, 0.1) is 0 Å². The van der Waals surface area contributed by atoms with Crippen molar-refractivity contribution in [3.63, 3.8) is 0 Å². The fourth-order valence-electron chi connectivity index (χ4n) is 9.01. The summed E-state index contributed by atoms with van der Waals surface area (Å²) in [6, 6.07) is 65.3. The van der Waals surface area contributed by atoms with E-state index in [0.717, 1.165) is 0 Å². The zero-order valence-corrected chi connectivity index (χ0v) is 30.6. The Labute approximate surface area is 314 Å². The minimum absolute atomic E-state index is 0.0707. The molecule has 0 unspecified atom stereocenters. The van der Waals surface area contributed by atoms with Gasteiger partial charge in [0.1, 0.15) is 0 Å². The molecular weight excluding hydrogens is 653 g/mol. The van der Waals surface area contributed by atoms with Gasteiger partial charge in [0.05, 0.1) is 22.1 Å². The van der Waals surface area contributed by atoms with E-state index in [1.807, 2.05) is 0 Å². The monoisotopic (exact) mass is 690 g/mol. The molecule has 11 rings (SSSR count). The van der Waals surface area contributed by atoms with E-state index in [4.69, 9.17) is 0 Å². The average Bonchev–Trinajstić information content (AvgIpc) is 3.73. The van der Waals surface area contributed by atoms with Crippen molar-refractivity contribution >= 4 is 75.9 Å². The van der Waals surface area contributed by atoms with Crippen molar-refractivity contribution in [2.75, 3.05) is 0 Å². The minimum Gasteiger partial charge on any atom is -0.309 e. The van der Waals surface area contributed by atoms with Gasteiger partial charge in [-0.15, -0.1) is 0 Å². The maximum atomic E-state index is 2.44. The van der Waals surface area contributed by atoms with E-state index in [-0.39, 0.29) is 5.41 Å². The topological polar surface area (TPSA) is 9.86 Å². The van der Waals surface area contributed by atoms with Gasteiger partial charge in [-0.3, -0.25) is 0 Å². The van der Waals surface area contributed by atoms with Crippen molar-refractivity contribution in [2.24, 2.45) is 0 Å². The van der Waals surface area contributed by atoms with Gasteiger partial charge in [0.2, 0.25) is 0 Å². The highest BCUT2D eigenvalue weighted by atomic mass is 15.0. The molecule has 0 radical (unpaired) electrons. The molecule has 0 spiro atoms. The first-order chi connectivity index (χ1) is 26.4. The second-order valence-electron chi connectivity index (χ2n) is 15.8. The normalized spacial score (nSPS) is 12.4. The van der Waals surface area contributed by atoms with Gasteiger partial charge in [-0.05, 0) is 115 Å². The van der Waals surface area contributed by atoms with Crippen LogP contribution >= 0.6 is 0 Å². The zero-order valence-electron chi connectivity index (χ0n) is 30.6. The minimum atomic E-state index is 0.0707. The van der Waals surface area contributed by atoms with Crippen LogP contribution in [-0.4, -0.2) is 9.13 Å². The summed E-state index contributed by atoms with van der Waals surface area (Å²) < 4.78 is 4.87. The van der Waals surface area contributed by atoms with Crippen molar-refractivity contribution in [1.29, 1.82) is 0 Å². The summed E-state index contributed by atoms with van der Waals surface area (Å²) in [5.74, 6) is 0. The molecule has 0 aliphatic heterocycles. The highest BCUT2D eigenvalue weighted by molar-refractivity contribution is 6.25. The zero-order chi connectivity index (χ0) is 36.1. The highest BCUT2D eigenvalue weighted by Gasteiger charge is 2.19. The van der Waals surface area contributed by atoms with Crippen molar-refractivity contribution < 1.29 is 0 Å². The third-order valence-electron chi connectivity index (χ3n) is 11.6. The SMILES string of the molecule is CC(C)(C)c1cccc(-n2c3ccccc3c3cc(-c4ccc5c(c4)c4ccccc4n5-c4ccc5c6ccccc6c6ccccc6c5c4)ccc32)c1. The Balaban J connectivity index is 1.10. The molecule has 0 amide bonds. The van der Waals surface area contributed by atoms with Gasteiger partial charge in [-0.25, -0.2) is 0 Å². The lowest BCUT2D eigenvalue weighted by Gasteiger charge is -2.20. The highest BCUT2D eigenvalue weighted by Crippen LogP contribution is 2.41. The third-order valence-corrected chi connectivity index (χ3v) is 11.6. The summed E-state index contributed by atoms with van der Waals surface area (Å²) in [6.45, 7) is 6.84. The molecule has 0 atom stereocenters. The Morgan fingerprint density at radius 3 is 1.24 bits per heavy atom. The van der Waals surface area contributed by atoms with Crippen LogP contribution in [0.5, 0.6) is 0 Å². The lowest BCUT2D eigenvalue weighted by Crippen LogP contribution is -2.11. The van der Waals surface area contributed by atoms with E-state index in [0.29, 0.717) is 0 Å². The van der Waals surface area contributed by atoms with E-state index in [1.165, 1.54) is 104 Å². The maximum Gasteiger partial charge on any atom is 0.0541 e. The van der Waals surface area contributed by atoms with Gasteiger partial charge in [0.15, 0.2) is 0 Å².